The van der Waals surface area contributed by atoms with Gasteiger partial charge >= 0.3 is 5.97 Å². The minimum Gasteiger partial charge on any atom is -0.468 e. The molecule has 8 nitrogen and oxygen atoms in total. The van der Waals surface area contributed by atoms with Crippen molar-refractivity contribution in [1.29, 1.82) is 0 Å². The van der Waals surface area contributed by atoms with Gasteiger partial charge in [0.1, 0.15) is 5.54 Å². The summed E-state index contributed by atoms with van der Waals surface area (Å²) in [5.41, 5.74) is 1.82. The first-order chi connectivity index (χ1) is 17.0. The van der Waals surface area contributed by atoms with E-state index in [4.69, 9.17) is 14.2 Å². The molecular weight excluding hydrogens is 448 g/mol. The van der Waals surface area contributed by atoms with Crippen molar-refractivity contribution >= 4 is 17.8 Å². The second-order valence-corrected chi connectivity index (χ2v) is 9.63. The normalized spacial score (nSPS) is 29.3. The molecule has 8 heteroatoms. The summed E-state index contributed by atoms with van der Waals surface area (Å²) in [5, 5.41) is 0. The second-order valence-electron chi connectivity index (χ2n) is 9.63. The van der Waals surface area contributed by atoms with Crippen molar-refractivity contribution in [2.24, 2.45) is 11.8 Å². The summed E-state index contributed by atoms with van der Waals surface area (Å²) in [6, 6.07) is 13.5. The van der Waals surface area contributed by atoms with Crippen molar-refractivity contribution in [3.05, 3.63) is 48.0 Å². The van der Waals surface area contributed by atoms with Crippen LogP contribution in [0.3, 0.4) is 0 Å². The molecule has 0 aromatic heterocycles. The maximum absolute atomic E-state index is 13.5. The molecule has 0 saturated carbocycles. The van der Waals surface area contributed by atoms with E-state index in [0.717, 1.165) is 41.0 Å². The first kappa shape index (κ1) is 22.1. The Kier molecular flexibility index (Phi) is 5.11. The van der Waals surface area contributed by atoms with Crippen molar-refractivity contribution in [3.63, 3.8) is 0 Å². The molecule has 3 fully saturated rings. The number of carbonyl (C=O) groups excluding carboxylic acids is 3. The summed E-state index contributed by atoms with van der Waals surface area (Å²) < 4.78 is 16.2. The largest absolute Gasteiger partial charge is 0.468 e. The number of imide groups is 1. The van der Waals surface area contributed by atoms with Crippen LogP contribution in [-0.4, -0.2) is 60.1 Å². The van der Waals surface area contributed by atoms with Gasteiger partial charge in [0.25, 0.3) is 0 Å². The third-order valence-corrected chi connectivity index (χ3v) is 8.17. The molecule has 3 saturated heterocycles. The molecule has 2 amide bonds. The van der Waals surface area contributed by atoms with E-state index in [9.17, 15) is 14.4 Å². The van der Waals surface area contributed by atoms with Crippen molar-refractivity contribution in [1.82, 2.24) is 9.80 Å². The number of methoxy groups -OCH3 is 1. The number of likely N-dealkylation sites (tertiary alicyclic amines) is 1. The molecule has 4 heterocycles. The Morgan fingerprint density at radius 3 is 2.51 bits per heavy atom. The summed E-state index contributed by atoms with van der Waals surface area (Å²) in [4.78, 5) is 43.7. The number of ether oxygens (including phenoxy) is 3. The smallest absolute Gasteiger partial charge is 0.327 e. The minimum atomic E-state index is -1.10. The zero-order chi connectivity index (χ0) is 24.3. The number of nitrogens with zero attached hydrogens (tertiary/aromatic N) is 2. The van der Waals surface area contributed by atoms with Crippen molar-refractivity contribution in [2.75, 3.05) is 27.0 Å². The van der Waals surface area contributed by atoms with Gasteiger partial charge < -0.3 is 14.2 Å². The van der Waals surface area contributed by atoms with Crippen molar-refractivity contribution in [2.45, 2.75) is 37.8 Å². The summed E-state index contributed by atoms with van der Waals surface area (Å²) in [6.07, 6.45) is 2.24. The molecule has 0 N–H and O–H groups in total. The van der Waals surface area contributed by atoms with E-state index in [2.05, 4.69) is 4.90 Å². The Bertz CT molecular complexity index is 1210. The number of fused-ring (bicyclic) bond motifs is 4. The number of benzene rings is 2. The fourth-order valence-electron chi connectivity index (χ4n) is 6.68. The molecule has 0 aliphatic carbocycles. The molecule has 0 radical (unpaired) electrons. The average Bonchev–Trinajstić information content (AvgIpc) is 3.55. The van der Waals surface area contributed by atoms with Crippen LogP contribution in [0.25, 0.3) is 11.1 Å². The van der Waals surface area contributed by atoms with Crippen LogP contribution in [0.5, 0.6) is 11.5 Å². The number of amides is 2. The fourth-order valence-corrected chi connectivity index (χ4v) is 6.68. The quantitative estimate of drug-likeness (QED) is 0.495. The number of carbonyl (C=O) groups is 3. The van der Waals surface area contributed by atoms with Crippen LogP contribution >= 0.6 is 0 Å². The molecular formula is C27H28N2O6. The number of hydrogen-bond donors (Lipinski definition) is 0. The molecule has 0 bridgehead atoms. The van der Waals surface area contributed by atoms with Crippen LogP contribution in [0.2, 0.25) is 0 Å². The van der Waals surface area contributed by atoms with E-state index in [1.54, 1.807) is 6.92 Å². The SMILES string of the molecule is CCN1C(=O)C2C(c3ccc(-c4ccc5c(c4)OCO5)cc3)N3CCCC[C@@]3(C(=O)OC)C2C1=O. The fraction of sp³-hybridized carbons (Fsp3) is 0.444. The molecule has 4 aliphatic rings. The van der Waals surface area contributed by atoms with E-state index in [1.807, 2.05) is 42.5 Å². The highest BCUT2D eigenvalue weighted by Gasteiger charge is 2.72. The molecule has 2 aromatic rings. The zero-order valence-electron chi connectivity index (χ0n) is 19.9. The molecule has 4 aliphatic heterocycles. The van der Waals surface area contributed by atoms with Crippen LogP contribution in [-0.2, 0) is 19.1 Å². The summed E-state index contributed by atoms with van der Waals surface area (Å²) in [5.74, 6) is -0.722. The van der Waals surface area contributed by atoms with Crippen LogP contribution in [0.1, 0.15) is 37.8 Å². The lowest BCUT2D eigenvalue weighted by atomic mass is 9.75. The van der Waals surface area contributed by atoms with E-state index >= 15 is 0 Å². The summed E-state index contributed by atoms with van der Waals surface area (Å²) in [7, 11) is 1.37. The highest BCUT2D eigenvalue weighted by atomic mass is 16.7. The van der Waals surface area contributed by atoms with Gasteiger partial charge in [-0.15, -0.1) is 0 Å². The van der Waals surface area contributed by atoms with Crippen molar-refractivity contribution in [3.8, 4) is 22.6 Å². The summed E-state index contributed by atoms with van der Waals surface area (Å²) in [6.45, 7) is 2.97. The lowest BCUT2D eigenvalue weighted by molar-refractivity contribution is -0.164. The predicted molar refractivity (Wildman–Crippen MR) is 125 cm³/mol. The number of rotatable bonds is 4. The van der Waals surface area contributed by atoms with E-state index in [-0.39, 0.29) is 24.6 Å². The lowest BCUT2D eigenvalue weighted by Crippen LogP contribution is -2.59. The van der Waals surface area contributed by atoms with Gasteiger partial charge in [0, 0.05) is 12.6 Å². The Balaban J connectivity index is 1.42. The Morgan fingerprint density at radius 2 is 1.77 bits per heavy atom. The molecule has 35 heavy (non-hydrogen) atoms. The van der Waals surface area contributed by atoms with Gasteiger partial charge in [-0.05, 0) is 61.6 Å². The standard InChI is InChI=1S/C27H28N2O6/c1-3-28-24(30)21-22(25(28)31)27(26(32)33-2)12-4-5-13-29(27)23(21)17-8-6-16(7-9-17)18-10-11-19-20(14-18)35-15-34-19/h6-11,14,21-23H,3-5,12-13,15H2,1-2H3/t21?,22?,23?,27-/m0/s1. The van der Waals surface area contributed by atoms with Gasteiger partial charge in [0.15, 0.2) is 11.5 Å². The topological polar surface area (TPSA) is 85.4 Å². The average molecular weight is 477 g/mol. The Labute approximate surface area is 203 Å². The van der Waals surface area contributed by atoms with Crippen LogP contribution in [0.4, 0.5) is 0 Å². The highest BCUT2D eigenvalue weighted by molar-refractivity contribution is 6.09. The van der Waals surface area contributed by atoms with Gasteiger partial charge in [0.2, 0.25) is 18.6 Å². The lowest BCUT2D eigenvalue weighted by Gasteiger charge is -2.44. The molecule has 182 valence electrons. The molecule has 6 rings (SSSR count). The molecule has 2 aromatic carbocycles. The van der Waals surface area contributed by atoms with Crippen LogP contribution < -0.4 is 9.47 Å². The number of piperidine rings is 1. The summed E-state index contributed by atoms with van der Waals surface area (Å²) >= 11 is 0. The molecule has 4 atom stereocenters. The maximum atomic E-state index is 13.5. The third kappa shape index (κ3) is 2.99. The zero-order valence-corrected chi connectivity index (χ0v) is 19.9. The van der Waals surface area contributed by atoms with E-state index in [0.29, 0.717) is 19.5 Å². The van der Waals surface area contributed by atoms with Gasteiger partial charge in [-0.25, -0.2) is 0 Å². The maximum Gasteiger partial charge on any atom is 0.327 e. The Morgan fingerprint density at radius 1 is 1.03 bits per heavy atom. The Hall–Kier alpha value is -3.39. The van der Waals surface area contributed by atoms with Gasteiger partial charge in [-0.2, -0.15) is 0 Å². The number of esters is 1. The van der Waals surface area contributed by atoms with E-state index < -0.39 is 23.3 Å². The highest BCUT2D eigenvalue weighted by Crippen LogP contribution is 2.58. The molecule has 3 unspecified atom stereocenters. The second kappa shape index (κ2) is 8.09. The first-order valence-electron chi connectivity index (χ1n) is 12.2. The monoisotopic (exact) mass is 476 g/mol. The minimum absolute atomic E-state index is 0.190. The van der Waals surface area contributed by atoms with Crippen molar-refractivity contribution < 1.29 is 28.6 Å². The van der Waals surface area contributed by atoms with Crippen LogP contribution in [0, 0.1) is 11.8 Å². The third-order valence-electron chi connectivity index (χ3n) is 8.17. The van der Waals surface area contributed by atoms with Gasteiger partial charge in [0.05, 0.1) is 18.9 Å². The number of hydrogen-bond acceptors (Lipinski definition) is 7. The van der Waals surface area contributed by atoms with Gasteiger partial charge in [-0.1, -0.05) is 30.3 Å². The van der Waals surface area contributed by atoms with Gasteiger partial charge in [-0.3, -0.25) is 24.2 Å². The first-order valence-corrected chi connectivity index (χ1v) is 12.2. The predicted octanol–water partition coefficient (Wildman–Crippen LogP) is 3.16. The molecule has 0 spiro atoms. The van der Waals surface area contributed by atoms with Crippen LogP contribution in [0.15, 0.2) is 42.5 Å². The van der Waals surface area contributed by atoms with E-state index in [1.165, 1.54) is 12.0 Å².